The van der Waals surface area contributed by atoms with E-state index in [9.17, 15) is 14.0 Å². The SMILES string of the molecule is CCc1nocc1C(=O)N[C@H](C(=O)Nc1cnc(-c2c(C)cnn2C)c(F)c1)[C@H]1CC[C@H](C)CC1. The molecule has 1 atom stereocenters. The van der Waals surface area contributed by atoms with Gasteiger partial charge in [-0.2, -0.15) is 5.10 Å². The summed E-state index contributed by atoms with van der Waals surface area (Å²) in [5.41, 5.74) is 2.60. The number of amides is 2. The summed E-state index contributed by atoms with van der Waals surface area (Å²) in [5, 5.41) is 13.6. The summed E-state index contributed by atoms with van der Waals surface area (Å²) in [6.07, 6.45) is 8.47. The first-order valence-corrected chi connectivity index (χ1v) is 12.0. The smallest absolute Gasteiger partial charge is 0.257 e. The Hall–Kier alpha value is -3.56. The highest BCUT2D eigenvalue weighted by Crippen LogP contribution is 2.31. The van der Waals surface area contributed by atoms with Gasteiger partial charge in [-0.3, -0.25) is 14.3 Å². The number of halogens is 1. The molecule has 2 amide bonds. The van der Waals surface area contributed by atoms with Crippen LogP contribution in [0.1, 0.15) is 61.1 Å². The van der Waals surface area contributed by atoms with Gasteiger partial charge in [-0.05, 0) is 43.6 Å². The summed E-state index contributed by atoms with van der Waals surface area (Å²) >= 11 is 0. The van der Waals surface area contributed by atoms with Crippen molar-refractivity contribution in [2.45, 2.75) is 58.9 Å². The number of anilines is 1. The molecular weight excluding hydrogens is 451 g/mol. The van der Waals surface area contributed by atoms with Gasteiger partial charge in [-0.1, -0.05) is 31.8 Å². The Morgan fingerprint density at radius 1 is 1.26 bits per heavy atom. The van der Waals surface area contributed by atoms with Crippen molar-refractivity contribution >= 4 is 17.5 Å². The second kappa shape index (κ2) is 10.4. The van der Waals surface area contributed by atoms with Crippen molar-refractivity contribution in [3.63, 3.8) is 0 Å². The van der Waals surface area contributed by atoms with Gasteiger partial charge >= 0.3 is 0 Å². The van der Waals surface area contributed by atoms with Crippen LogP contribution in [-0.2, 0) is 18.3 Å². The second-order valence-corrected chi connectivity index (χ2v) is 9.34. The first-order chi connectivity index (χ1) is 16.8. The zero-order valence-corrected chi connectivity index (χ0v) is 20.5. The average Bonchev–Trinajstić information content (AvgIpc) is 3.44. The molecule has 0 bridgehead atoms. The third-order valence-corrected chi connectivity index (χ3v) is 6.78. The van der Waals surface area contributed by atoms with Crippen LogP contribution in [-0.4, -0.2) is 37.8 Å². The van der Waals surface area contributed by atoms with Crippen molar-refractivity contribution in [2.24, 2.45) is 18.9 Å². The Morgan fingerprint density at radius 2 is 2.00 bits per heavy atom. The van der Waals surface area contributed by atoms with E-state index in [4.69, 9.17) is 4.52 Å². The maximum atomic E-state index is 15.0. The molecular formula is C25H31FN6O3. The van der Waals surface area contributed by atoms with Crippen LogP contribution < -0.4 is 10.6 Å². The second-order valence-electron chi connectivity index (χ2n) is 9.34. The van der Waals surface area contributed by atoms with Gasteiger partial charge in [0.15, 0.2) is 5.82 Å². The van der Waals surface area contributed by atoms with Crippen molar-refractivity contribution in [1.29, 1.82) is 0 Å². The molecule has 1 fully saturated rings. The number of rotatable bonds is 7. The lowest BCUT2D eigenvalue weighted by molar-refractivity contribution is -0.119. The number of aryl methyl sites for hydroxylation is 3. The minimum atomic E-state index is -0.781. The lowest BCUT2D eigenvalue weighted by atomic mass is 9.79. The van der Waals surface area contributed by atoms with Crippen LogP contribution in [0.25, 0.3) is 11.4 Å². The molecule has 3 aromatic heterocycles. The minimum absolute atomic E-state index is 0.0331. The first kappa shape index (κ1) is 24.6. The minimum Gasteiger partial charge on any atom is -0.364 e. The van der Waals surface area contributed by atoms with Gasteiger partial charge in [0.1, 0.15) is 23.6 Å². The number of hydrogen-bond donors (Lipinski definition) is 2. The molecule has 0 saturated heterocycles. The predicted octanol–water partition coefficient (Wildman–Crippen LogP) is 4.04. The molecule has 3 aromatic rings. The molecule has 0 radical (unpaired) electrons. The zero-order chi connectivity index (χ0) is 25.1. The van der Waals surface area contributed by atoms with E-state index in [0.29, 0.717) is 29.3 Å². The largest absolute Gasteiger partial charge is 0.364 e. The van der Waals surface area contributed by atoms with Gasteiger partial charge in [0.05, 0.1) is 29.5 Å². The van der Waals surface area contributed by atoms with Crippen LogP contribution in [0.5, 0.6) is 0 Å². The van der Waals surface area contributed by atoms with E-state index in [1.165, 1.54) is 18.5 Å². The monoisotopic (exact) mass is 482 g/mol. The van der Waals surface area contributed by atoms with E-state index >= 15 is 0 Å². The molecule has 0 unspecified atom stereocenters. The van der Waals surface area contributed by atoms with Crippen molar-refractivity contribution in [2.75, 3.05) is 5.32 Å². The molecule has 0 aromatic carbocycles. The van der Waals surface area contributed by atoms with Crippen LogP contribution in [0.15, 0.2) is 29.2 Å². The standard InChI is InChI=1S/C25H31FN6O3/c1-5-20-18(13-35-31-20)24(33)30-21(16-8-6-14(2)7-9-16)25(34)29-17-10-19(26)22(27-12-17)23-15(3)11-28-32(23)4/h10-14,16,21H,5-9H2,1-4H3,(H,29,34)(H,30,33)/t14-,16-,21-/m0/s1. The zero-order valence-electron chi connectivity index (χ0n) is 20.5. The number of nitrogens with zero attached hydrogens (tertiary/aromatic N) is 4. The molecule has 0 aliphatic heterocycles. The molecule has 3 heterocycles. The molecule has 2 N–H and O–H groups in total. The summed E-state index contributed by atoms with van der Waals surface area (Å²) in [6, 6.07) is 0.459. The Kier molecular flexibility index (Phi) is 7.28. The molecule has 186 valence electrons. The summed E-state index contributed by atoms with van der Waals surface area (Å²) in [5.74, 6) is -0.837. The molecule has 1 aliphatic rings. The predicted molar refractivity (Wildman–Crippen MR) is 128 cm³/mol. The Labute approximate surface area is 203 Å². The number of carbonyl (C=O) groups is 2. The number of hydrogen-bond acceptors (Lipinski definition) is 6. The molecule has 0 spiro atoms. The van der Waals surface area contributed by atoms with Gasteiger partial charge < -0.3 is 15.2 Å². The van der Waals surface area contributed by atoms with E-state index < -0.39 is 23.7 Å². The van der Waals surface area contributed by atoms with E-state index in [1.807, 2.05) is 13.8 Å². The molecule has 35 heavy (non-hydrogen) atoms. The van der Waals surface area contributed by atoms with Crippen molar-refractivity contribution in [1.82, 2.24) is 25.2 Å². The third kappa shape index (κ3) is 5.26. The van der Waals surface area contributed by atoms with Gasteiger partial charge in [0.2, 0.25) is 5.91 Å². The Bertz CT molecular complexity index is 1190. The third-order valence-electron chi connectivity index (χ3n) is 6.78. The highest BCUT2D eigenvalue weighted by molar-refractivity contribution is 6.01. The number of pyridine rings is 1. The van der Waals surface area contributed by atoms with Crippen molar-refractivity contribution < 1.29 is 18.5 Å². The maximum absolute atomic E-state index is 15.0. The first-order valence-electron chi connectivity index (χ1n) is 12.0. The Morgan fingerprint density at radius 3 is 2.63 bits per heavy atom. The average molecular weight is 483 g/mol. The number of aromatic nitrogens is 4. The van der Waals surface area contributed by atoms with E-state index in [2.05, 4.69) is 32.8 Å². The van der Waals surface area contributed by atoms with Gasteiger partial charge in [0, 0.05) is 13.1 Å². The van der Waals surface area contributed by atoms with Gasteiger partial charge in [-0.15, -0.1) is 0 Å². The molecule has 1 saturated carbocycles. The highest BCUT2D eigenvalue weighted by atomic mass is 19.1. The quantitative estimate of drug-likeness (QED) is 0.525. The van der Waals surface area contributed by atoms with Gasteiger partial charge in [-0.25, -0.2) is 9.37 Å². The maximum Gasteiger partial charge on any atom is 0.257 e. The fraction of sp³-hybridized carbons (Fsp3) is 0.480. The molecule has 9 nitrogen and oxygen atoms in total. The normalized spacial score (nSPS) is 18.8. The molecule has 10 heteroatoms. The van der Waals surface area contributed by atoms with E-state index in [-0.39, 0.29) is 17.3 Å². The van der Waals surface area contributed by atoms with Crippen LogP contribution in [0.2, 0.25) is 0 Å². The van der Waals surface area contributed by atoms with Crippen LogP contribution >= 0.6 is 0 Å². The molecule has 1 aliphatic carbocycles. The van der Waals surface area contributed by atoms with Crippen molar-refractivity contribution in [3.8, 4) is 11.4 Å². The summed E-state index contributed by atoms with van der Waals surface area (Å²) < 4.78 is 21.5. The Balaban J connectivity index is 1.55. The van der Waals surface area contributed by atoms with Crippen molar-refractivity contribution in [3.05, 3.63) is 47.4 Å². The molecule has 4 rings (SSSR count). The fourth-order valence-corrected chi connectivity index (χ4v) is 4.72. The summed E-state index contributed by atoms with van der Waals surface area (Å²) in [6.45, 7) is 5.89. The van der Waals surface area contributed by atoms with E-state index in [0.717, 1.165) is 31.2 Å². The van der Waals surface area contributed by atoms with Crippen LogP contribution in [0.4, 0.5) is 10.1 Å². The summed E-state index contributed by atoms with van der Waals surface area (Å²) in [7, 11) is 1.72. The van der Waals surface area contributed by atoms with Crippen LogP contribution in [0.3, 0.4) is 0 Å². The van der Waals surface area contributed by atoms with Gasteiger partial charge in [0.25, 0.3) is 5.91 Å². The topological polar surface area (TPSA) is 115 Å². The highest BCUT2D eigenvalue weighted by Gasteiger charge is 2.33. The lowest BCUT2D eigenvalue weighted by Gasteiger charge is -2.32. The number of carbonyl (C=O) groups excluding carboxylic acids is 2. The number of nitrogens with one attached hydrogen (secondary N) is 2. The van der Waals surface area contributed by atoms with Crippen LogP contribution in [0, 0.1) is 24.6 Å². The van der Waals surface area contributed by atoms with E-state index in [1.54, 1.807) is 17.9 Å². The summed E-state index contributed by atoms with van der Waals surface area (Å²) in [4.78, 5) is 30.6. The fourth-order valence-electron chi connectivity index (χ4n) is 4.72. The lowest BCUT2D eigenvalue weighted by Crippen LogP contribution is -2.49.